The van der Waals surface area contributed by atoms with Crippen LogP contribution in [0.3, 0.4) is 0 Å². The van der Waals surface area contributed by atoms with E-state index in [2.05, 4.69) is 22.2 Å². The fourth-order valence-corrected chi connectivity index (χ4v) is 4.04. The first-order valence-corrected chi connectivity index (χ1v) is 10.2. The maximum absolute atomic E-state index is 12.6. The molecule has 4 rings (SSSR count). The lowest BCUT2D eigenvalue weighted by molar-refractivity contribution is -0.124. The molecule has 6 nitrogen and oxygen atoms in total. The molecule has 0 spiro atoms. The van der Waals surface area contributed by atoms with Gasteiger partial charge in [-0.2, -0.15) is 0 Å². The van der Waals surface area contributed by atoms with E-state index in [-0.39, 0.29) is 17.6 Å². The van der Waals surface area contributed by atoms with Crippen LogP contribution < -0.4 is 5.32 Å². The quantitative estimate of drug-likeness (QED) is 0.864. The molecule has 0 aromatic heterocycles. The van der Waals surface area contributed by atoms with E-state index in [4.69, 9.17) is 0 Å². The van der Waals surface area contributed by atoms with E-state index < -0.39 is 6.04 Å². The number of thioether (sulfide) groups is 1. The summed E-state index contributed by atoms with van der Waals surface area (Å²) >= 11 is 1.25. The molecule has 0 radical (unpaired) electrons. The highest BCUT2D eigenvalue weighted by atomic mass is 32.2. The van der Waals surface area contributed by atoms with E-state index in [1.54, 1.807) is 6.92 Å². The van der Waals surface area contributed by atoms with Gasteiger partial charge in [-0.15, -0.1) is 0 Å². The minimum atomic E-state index is -0.447. The number of carbonyl (C=O) groups is 2. The molecule has 1 atom stereocenters. The number of hydrogen-bond donors (Lipinski definition) is 1. The maximum Gasteiger partial charge on any atom is 0.258 e. The fraction of sp³-hybridized carbons (Fsp3) is 0.238. The largest absolute Gasteiger partial charge is 0.325 e. The van der Waals surface area contributed by atoms with Gasteiger partial charge in [-0.05, 0) is 37.1 Å². The molecule has 142 valence electrons. The average Bonchev–Trinajstić information content (AvgIpc) is 3.01. The van der Waals surface area contributed by atoms with Crippen molar-refractivity contribution in [3.63, 3.8) is 0 Å². The van der Waals surface area contributed by atoms with Crippen LogP contribution in [0.25, 0.3) is 0 Å². The maximum atomic E-state index is 12.6. The summed E-state index contributed by atoms with van der Waals surface area (Å²) in [6.45, 7) is 3.82. The first-order valence-electron chi connectivity index (χ1n) is 9.19. The third-order valence-electron chi connectivity index (χ3n) is 4.66. The molecule has 1 N–H and O–H groups in total. The minimum absolute atomic E-state index is 0.118. The predicted molar refractivity (Wildman–Crippen MR) is 113 cm³/mol. The number of rotatable bonds is 4. The van der Waals surface area contributed by atoms with Crippen molar-refractivity contribution in [3.05, 3.63) is 59.7 Å². The van der Waals surface area contributed by atoms with Gasteiger partial charge in [0.1, 0.15) is 11.9 Å². The van der Waals surface area contributed by atoms with E-state index in [1.807, 2.05) is 48.5 Å². The third kappa shape index (κ3) is 3.33. The number of nitrogens with zero attached hydrogens (tertiary/aromatic N) is 3. The van der Waals surface area contributed by atoms with E-state index >= 15 is 0 Å². The van der Waals surface area contributed by atoms with Crippen molar-refractivity contribution < 1.29 is 9.59 Å². The van der Waals surface area contributed by atoms with E-state index in [9.17, 15) is 9.59 Å². The Kier molecular flexibility index (Phi) is 5.00. The number of fused-ring (bicyclic) bond motifs is 3. The SMILES string of the molecule is CCc1ccccc1NC(=O)CSC1=Nc2ccccc2C2=NC(C)C(=O)N12. The molecule has 1 unspecified atom stereocenters. The van der Waals surface area contributed by atoms with Gasteiger partial charge in [-0.3, -0.25) is 14.6 Å². The Labute approximate surface area is 167 Å². The van der Waals surface area contributed by atoms with Gasteiger partial charge in [0.15, 0.2) is 5.17 Å². The van der Waals surface area contributed by atoms with Crippen molar-refractivity contribution in [2.45, 2.75) is 26.3 Å². The highest BCUT2D eigenvalue weighted by Crippen LogP contribution is 2.33. The van der Waals surface area contributed by atoms with E-state index in [0.29, 0.717) is 11.0 Å². The Balaban J connectivity index is 1.53. The number of aliphatic imine (C=N–C) groups is 2. The number of carbonyl (C=O) groups excluding carboxylic acids is 2. The van der Waals surface area contributed by atoms with Gasteiger partial charge < -0.3 is 5.32 Å². The molecule has 2 aliphatic heterocycles. The summed E-state index contributed by atoms with van der Waals surface area (Å²) in [5, 5.41) is 3.44. The average molecular weight is 392 g/mol. The number of amides is 2. The van der Waals surface area contributed by atoms with Crippen molar-refractivity contribution in [1.29, 1.82) is 0 Å². The topological polar surface area (TPSA) is 74.1 Å². The van der Waals surface area contributed by atoms with Crippen molar-refractivity contribution in [1.82, 2.24) is 4.90 Å². The number of anilines is 1. The van der Waals surface area contributed by atoms with Crippen LogP contribution in [0.4, 0.5) is 11.4 Å². The molecule has 2 aromatic carbocycles. The standard InChI is InChI=1S/C21H20N4O2S/c1-3-14-8-4-6-10-16(14)23-18(26)12-28-21-24-17-11-7-5-9-15(17)19-22-13(2)20(27)25(19)21/h4-11,13H,3,12H2,1-2H3,(H,23,26). The zero-order valence-corrected chi connectivity index (χ0v) is 16.5. The van der Waals surface area contributed by atoms with Gasteiger partial charge >= 0.3 is 0 Å². The number of hydrogen-bond acceptors (Lipinski definition) is 5. The molecule has 2 aliphatic rings. The van der Waals surface area contributed by atoms with Crippen LogP contribution >= 0.6 is 11.8 Å². The fourth-order valence-electron chi connectivity index (χ4n) is 3.24. The molecule has 0 bridgehead atoms. The zero-order valence-electron chi connectivity index (χ0n) is 15.7. The Morgan fingerprint density at radius 1 is 1.18 bits per heavy atom. The van der Waals surface area contributed by atoms with Crippen LogP contribution in [0.5, 0.6) is 0 Å². The van der Waals surface area contributed by atoms with Gasteiger partial charge in [0.05, 0.1) is 11.4 Å². The summed E-state index contributed by atoms with van der Waals surface area (Å²) in [7, 11) is 0. The molecule has 2 amide bonds. The Morgan fingerprint density at radius 3 is 2.75 bits per heavy atom. The highest BCUT2D eigenvalue weighted by Gasteiger charge is 2.39. The van der Waals surface area contributed by atoms with Crippen LogP contribution in [-0.2, 0) is 16.0 Å². The lowest BCUT2D eigenvalue weighted by Gasteiger charge is -2.25. The minimum Gasteiger partial charge on any atom is -0.325 e. The molecule has 2 heterocycles. The van der Waals surface area contributed by atoms with E-state index in [1.165, 1.54) is 16.7 Å². The summed E-state index contributed by atoms with van der Waals surface area (Å²) in [5.41, 5.74) is 3.51. The monoisotopic (exact) mass is 392 g/mol. The number of nitrogens with one attached hydrogen (secondary N) is 1. The van der Waals surface area contributed by atoms with Crippen LogP contribution in [0, 0.1) is 0 Å². The van der Waals surface area contributed by atoms with Crippen molar-refractivity contribution in [3.8, 4) is 0 Å². The first-order chi connectivity index (χ1) is 13.6. The normalized spacial score (nSPS) is 17.6. The highest BCUT2D eigenvalue weighted by molar-refractivity contribution is 8.14. The van der Waals surface area contributed by atoms with Crippen molar-refractivity contribution in [2.75, 3.05) is 11.1 Å². The lowest BCUT2D eigenvalue weighted by Crippen LogP contribution is -2.41. The summed E-state index contributed by atoms with van der Waals surface area (Å²) in [6.07, 6.45) is 0.840. The van der Waals surface area contributed by atoms with Crippen molar-refractivity contribution in [2.24, 2.45) is 9.98 Å². The molecular weight excluding hydrogens is 372 g/mol. The van der Waals surface area contributed by atoms with E-state index in [0.717, 1.165) is 28.9 Å². The number of para-hydroxylation sites is 2. The van der Waals surface area contributed by atoms with Gasteiger partial charge in [-0.25, -0.2) is 9.89 Å². The lowest BCUT2D eigenvalue weighted by atomic mass is 10.1. The van der Waals surface area contributed by atoms with Crippen LogP contribution in [0.1, 0.15) is 25.0 Å². The molecule has 7 heteroatoms. The molecule has 0 aliphatic carbocycles. The Bertz CT molecular complexity index is 1010. The zero-order chi connectivity index (χ0) is 19.7. The molecule has 2 aromatic rings. The summed E-state index contributed by atoms with van der Waals surface area (Å²) in [5.74, 6) is 0.519. The van der Waals surface area contributed by atoms with Gasteiger partial charge in [0.2, 0.25) is 5.91 Å². The second-order valence-electron chi connectivity index (χ2n) is 6.56. The summed E-state index contributed by atoms with van der Waals surface area (Å²) in [4.78, 5) is 35.7. The summed E-state index contributed by atoms with van der Waals surface area (Å²) in [6, 6.07) is 14.9. The first kappa shape index (κ1) is 18.4. The van der Waals surface area contributed by atoms with Gasteiger partial charge in [0.25, 0.3) is 5.91 Å². The Morgan fingerprint density at radius 2 is 1.93 bits per heavy atom. The molecule has 0 fully saturated rings. The Hall–Kier alpha value is -2.93. The number of aryl methyl sites for hydroxylation is 1. The van der Waals surface area contributed by atoms with Crippen LogP contribution in [0.2, 0.25) is 0 Å². The van der Waals surface area contributed by atoms with Gasteiger partial charge in [-0.1, -0.05) is 49.0 Å². The summed E-state index contributed by atoms with van der Waals surface area (Å²) < 4.78 is 0. The van der Waals surface area contributed by atoms with Crippen LogP contribution in [0.15, 0.2) is 58.5 Å². The smallest absolute Gasteiger partial charge is 0.258 e. The second-order valence-corrected chi connectivity index (χ2v) is 7.50. The number of amidine groups is 2. The van der Waals surface area contributed by atoms with Gasteiger partial charge in [0, 0.05) is 11.3 Å². The second kappa shape index (κ2) is 7.59. The van der Waals surface area contributed by atoms with Crippen LogP contribution in [-0.4, -0.2) is 39.5 Å². The molecule has 0 saturated carbocycles. The number of benzene rings is 2. The van der Waals surface area contributed by atoms with Crippen molar-refractivity contribution >= 4 is 46.0 Å². The predicted octanol–water partition coefficient (Wildman–Crippen LogP) is 3.60. The molecule has 0 saturated heterocycles. The third-order valence-corrected chi connectivity index (χ3v) is 5.60. The molecule has 28 heavy (non-hydrogen) atoms. The molecular formula is C21H20N4O2S.